The van der Waals surface area contributed by atoms with Gasteiger partial charge in [0.2, 0.25) is 5.91 Å². The SMILES string of the molecule is CC(CNC(=O)CC(=O)O)c1nccs1. The molecule has 1 rings (SSSR count). The molecule has 2 N–H and O–H groups in total. The number of carbonyl (C=O) groups is 2. The van der Waals surface area contributed by atoms with E-state index in [9.17, 15) is 9.59 Å². The van der Waals surface area contributed by atoms with Crippen LogP contribution in [-0.4, -0.2) is 28.5 Å². The number of nitrogens with one attached hydrogen (secondary N) is 1. The molecule has 82 valence electrons. The van der Waals surface area contributed by atoms with Crippen molar-refractivity contribution in [3.8, 4) is 0 Å². The third-order valence-electron chi connectivity index (χ3n) is 1.79. The number of carboxylic acid groups (broad SMARTS) is 1. The van der Waals surface area contributed by atoms with E-state index >= 15 is 0 Å². The Labute approximate surface area is 91.1 Å². The van der Waals surface area contributed by atoms with Crippen LogP contribution in [0.15, 0.2) is 11.6 Å². The molecule has 1 aromatic rings. The Kier molecular flexibility index (Phi) is 4.23. The summed E-state index contributed by atoms with van der Waals surface area (Å²) in [6.45, 7) is 2.35. The summed E-state index contributed by atoms with van der Waals surface area (Å²) in [4.78, 5) is 25.3. The van der Waals surface area contributed by atoms with E-state index in [-0.39, 0.29) is 5.92 Å². The molecule has 0 aliphatic rings. The second-order valence-electron chi connectivity index (χ2n) is 3.15. The fraction of sp³-hybridized carbons (Fsp3) is 0.444. The lowest BCUT2D eigenvalue weighted by Crippen LogP contribution is -2.29. The molecule has 0 radical (unpaired) electrons. The van der Waals surface area contributed by atoms with Crippen molar-refractivity contribution in [1.82, 2.24) is 10.3 Å². The molecule has 1 amide bonds. The van der Waals surface area contributed by atoms with Gasteiger partial charge in [0.05, 0.1) is 5.01 Å². The maximum absolute atomic E-state index is 11.0. The van der Waals surface area contributed by atoms with Crippen molar-refractivity contribution in [3.63, 3.8) is 0 Å². The number of carbonyl (C=O) groups excluding carboxylic acids is 1. The zero-order valence-corrected chi connectivity index (χ0v) is 9.08. The molecule has 15 heavy (non-hydrogen) atoms. The van der Waals surface area contributed by atoms with E-state index in [1.807, 2.05) is 12.3 Å². The molecule has 5 nitrogen and oxygen atoms in total. The normalized spacial score (nSPS) is 12.1. The maximum Gasteiger partial charge on any atom is 0.312 e. The first-order valence-corrected chi connectivity index (χ1v) is 5.35. The zero-order chi connectivity index (χ0) is 11.3. The third kappa shape index (κ3) is 4.07. The smallest absolute Gasteiger partial charge is 0.312 e. The van der Waals surface area contributed by atoms with Crippen molar-refractivity contribution < 1.29 is 14.7 Å². The van der Waals surface area contributed by atoms with Gasteiger partial charge in [-0.15, -0.1) is 11.3 Å². The lowest BCUT2D eigenvalue weighted by atomic mass is 10.2. The number of hydrogen-bond acceptors (Lipinski definition) is 4. The summed E-state index contributed by atoms with van der Waals surface area (Å²) in [6.07, 6.45) is 1.22. The molecule has 0 saturated carbocycles. The van der Waals surface area contributed by atoms with E-state index in [0.29, 0.717) is 6.54 Å². The second kappa shape index (κ2) is 5.45. The molecule has 0 saturated heterocycles. The second-order valence-corrected chi connectivity index (χ2v) is 4.07. The number of aromatic nitrogens is 1. The van der Waals surface area contributed by atoms with Crippen molar-refractivity contribution in [2.45, 2.75) is 19.3 Å². The number of nitrogens with zero attached hydrogens (tertiary/aromatic N) is 1. The Morgan fingerprint density at radius 1 is 1.67 bits per heavy atom. The van der Waals surface area contributed by atoms with Gasteiger partial charge in [0.25, 0.3) is 0 Å². The van der Waals surface area contributed by atoms with Crippen LogP contribution >= 0.6 is 11.3 Å². The first-order chi connectivity index (χ1) is 7.09. The highest BCUT2D eigenvalue weighted by Gasteiger charge is 2.11. The molecule has 1 unspecified atom stereocenters. The van der Waals surface area contributed by atoms with Crippen molar-refractivity contribution in [2.75, 3.05) is 6.54 Å². The van der Waals surface area contributed by atoms with E-state index in [2.05, 4.69) is 10.3 Å². The van der Waals surface area contributed by atoms with Crippen LogP contribution in [0.4, 0.5) is 0 Å². The number of aliphatic carboxylic acids is 1. The highest BCUT2D eigenvalue weighted by molar-refractivity contribution is 7.09. The Hall–Kier alpha value is -1.43. The predicted octanol–water partition coefficient (Wildman–Crippen LogP) is 0.838. The summed E-state index contributed by atoms with van der Waals surface area (Å²) in [5, 5.41) is 13.7. The zero-order valence-electron chi connectivity index (χ0n) is 8.27. The average Bonchev–Trinajstić information content (AvgIpc) is 2.65. The van der Waals surface area contributed by atoms with Crippen molar-refractivity contribution in [1.29, 1.82) is 0 Å². The van der Waals surface area contributed by atoms with Gasteiger partial charge in [0, 0.05) is 24.0 Å². The van der Waals surface area contributed by atoms with Gasteiger partial charge in [0.1, 0.15) is 6.42 Å². The first-order valence-electron chi connectivity index (χ1n) is 4.47. The molecule has 0 spiro atoms. The lowest BCUT2D eigenvalue weighted by Gasteiger charge is -2.08. The van der Waals surface area contributed by atoms with E-state index in [1.54, 1.807) is 6.20 Å². The van der Waals surface area contributed by atoms with Gasteiger partial charge in [0.15, 0.2) is 0 Å². The number of hydrogen-bond donors (Lipinski definition) is 2. The molecule has 1 aromatic heterocycles. The van der Waals surface area contributed by atoms with Crippen LogP contribution in [0.2, 0.25) is 0 Å². The molecule has 0 aliphatic heterocycles. The van der Waals surface area contributed by atoms with Crippen LogP contribution in [0.3, 0.4) is 0 Å². The van der Waals surface area contributed by atoms with E-state index in [1.165, 1.54) is 11.3 Å². The van der Waals surface area contributed by atoms with Crippen LogP contribution in [0.5, 0.6) is 0 Å². The molecular formula is C9H12N2O3S. The maximum atomic E-state index is 11.0. The highest BCUT2D eigenvalue weighted by Crippen LogP contribution is 2.16. The minimum absolute atomic E-state index is 0.114. The topological polar surface area (TPSA) is 79.3 Å². The number of carboxylic acids is 1. The van der Waals surface area contributed by atoms with Crippen molar-refractivity contribution in [3.05, 3.63) is 16.6 Å². The van der Waals surface area contributed by atoms with Gasteiger partial charge < -0.3 is 10.4 Å². The van der Waals surface area contributed by atoms with Gasteiger partial charge in [-0.05, 0) is 0 Å². The summed E-state index contributed by atoms with van der Waals surface area (Å²) in [5.41, 5.74) is 0. The Balaban J connectivity index is 2.31. The van der Waals surface area contributed by atoms with Gasteiger partial charge in [-0.1, -0.05) is 6.92 Å². The first kappa shape index (κ1) is 11.6. The summed E-state index contributed by atoms with van der Waals surface area (Å²) in [6, 6.07) is 0. The van der Waals surface area contributed by atoms with Crippen molar-refractivity contribution >= 4 is 23.2 Å². The molecule has 1 atom stereocenters. The number of rotatable bonds is 5. The lowest BCUT2D eigenvalue weighted by molar-refractivity contribution is -0.140. The van der Waals surface area contributed by atoms with E-state index in [0.717, 1.165) is 5.01 Å². The minimum Gasteiger partial charge on any atom is -0.481 e. The Morgan fingerprint density at radius 3 is 2.93 bits per heavy atom. The summed E-state index contributed by atoms with van der Waals surface area (Å²) in [5.74, 6) is -1.47. The molecule has 1 heterocycles. The largest absolute Gasteiger partial charge is 0.481 e. The monoisotopic (exact) mass is 228 g/mol. The van der Waals surface area contributed by atoms with Crippen LogP contribution < -0.4 is 5.32 Å². The van der Waals surface area contributed by atoms with Crippen LogP contribution in [0, 0.1) is 0 Å². The van der Waals surface area contributed by atoms with E-state index < -0.39 is 18.3 Å². The molecule has 0 aliphatic carbocycles. The van der Waals surface area contributed by atoms with Gasteiger partial charge in [-0.3, -0.25) is 9.59 Å². The highest BCUT2D eigenvalue weighted by atomic mass is 32.1. The Bertz CT molecular complexity index is 337. The van der Waals surface area contributed by atoms with Gasteiger partial charge in [-0.2, -0.15) is 0 Å². The standard InChI is InChI=1S/C9H12N2O3S/c1-6(9-10-2-3-15-9)5-11-7(12)4-8(13)14/h2-3,6H,4-5H2,1H3,(H,11,12)(H,13,14). The third-order valence-corrected chi connectivity index (χ3v) is 2.80. The van der Waals surface area contributed by atoms with E-state index in [4.69, 9.17) is 5.11 Å². The molecule has 0 bridgehead atoms. The van der Waals surface area contributed by atoms with Crippen LogP contribution in [-0.2, 0) is 9.59 Å². The van der Waals surface area contributed by atoms with Crippen molar-refractivity contribution in [2.24, 2.45) is 0 Å². The Morgan fingerprint density at radius 2 is 2.40 bits per heavy atom. The molecular weight excluding hydrogens is 216 g/mol. The fourth-order valence-electron chi connectivity index (χ4n) is 1.03. The molecule has 0 aromatic carbocycles. The number of amides is 1. The minimum atomic E-state index is -1.12. The van der Waals surface area contributed by atoms with Crippen LogP contribution in [0.25, 0.3) is 0 Å². The van der Waals surface area contributed by atoms with Gasteiger partial charge >= 0.3 is 5.97 Å². The summed E-state index contributed by atoms with van der Waals surface area (Å²) < 4.78 is 0. The number of thiazole rings is 1. The van der Waals surface area contributed by atoms with Crippen LogP contribution in [0.1, 0.15) is 24.3 Å². The molecule has 0 fully saturated rings. The predicted molar refractivity (Wildman–Crippen MR) is 55.8 cm³/mol. The van der Waals surface area contributed by atoms with Gasteiger partial charge in [-0.25, -0.2) is 4.98 Å². The summed E-state index contributed by atoms with van der Waals surface area (Å²) >= 11 is 1.52. The quantitative estimate of drug-likeness (QED) is 0.732. The molecule has 6 heteroatoms. The summed E-state index contributed by atoms with van der Waals surface area (Å²) in [7, 11) is 0. The average molecular weight is 228 g/mol. The fourth-order valence-corrected chi connectivity index (χ4v) is 1.73.